The number of carbonyl (C=O) groups excluding carboxylic acids is 1. The van der Waals surface area contributed by atoms with Crippen molar-refractivity contribution in [3.05, 3.63) is 36.5 Å². The van der Waals surface area contributed by atoms with Crippen molar-refractivity contribution >= 4 is 5.91 Å². The first-order valence-electron chi connectivity index (χ1n) is 19.7. The molecule has 2 aliphatic rings. The molecule has 14 heteroatoms. The van der Waals surface area contributed by atoms with Crippen molar-refractivity contribution in [2.45, 2.75) is 184 Å². The van der Waals surface area contributed by atoms with Gasteiger partial charge in [0.05, 0.1) is 32.0 Å². The number of aliphatic hydroxyl groups is 8. The Balaban J connectivity index is 1.85. The SMILES string of the molecule is CC/C=C\C/C=C\C/C=C\CCCCCCCC(=O)NC(COC1OC(CO)C(OC2OC(CO)C(O)C(O)C2O)C(O)C1O)C(O)CCCCCC. The minimum Gasteiger partial charge on any atom is -0.394 e. The van der Waals surface area contributed by atoms with Crippen LogP contribution in [0.15, 0.2) is 36.5 Å². The molecule has 53 heavy (non-hydrogen) atoms. The zero-order chi connectivity index (χ0) is 39.0. The quantitative estimate of drug-likeness (QED) is 0.0432. The Hall–Kier alpha value is -1.79. The van der Waals surface area contributed by atoms with Crippen LogP contribution in [0.5, 0.6) is 0 Å². The van der Waals surface area contributed by atoms with Gasteiger partial charge in [0.2, 0.25) is 5.91 Å². The van der Waals surface area contributed by atoms with E-state index in [9.17, 15) is 45.6 Å². The van der Waals surface area contributed by atoms with Gasteiger partial charge in [0.1, 0.15) is 48.8 Å². The highest BCUT2D eigenvalue weighted by atomic mass is 16.7. The van der Waals surface area contributed by atoms with Gasteiger partial charge in [-0.25, -0.2) is 0 Å². The fourth-order valence-corrected chi connectivity index (χ4v) is 6.31. The van der Waals surface area contributed by atoms with Crippen molar-refractivity contribution in [1.29, 1.82) is 0 Å². The molecule has 0 aromatic heterocycles. The molecular weight excluding hydrogens is 690 g/mol. The maximum absolute atomic E-state index is 12.9. The lowest BCUT2D eigenvalue weighted by atomic mass is 9.97. The van der Waals surface area contributed by atoms with Gasteiger partial charge in [0.15, 0.2) is 12.6 Å². The summed E-state index contributed by atoms with van der Waals surface area (Å²) in [4.78, 5) is 12.9. The third-order valence-electron chi connectivity index (χ3n) is 9.62. The average Bonchev–Trinajstić information content (AvgIpc) is 3.15. The monoisotopic (exact) mass is 759 g/mol. The van der Waals surface area contributed by atoms with Gasteiger partial charge >= 0.3 is 0 Å². The summed E-state index contributed by atoms with van der Waals surface area (Å²) >= 11 is 0. The smallest absolute Gasteiger partial charge is 0.220 e. The lowest BCUT2D eigenvalue weighted by Crippen LogP contribution is -2.65. The molecule has 0 aromatic rings. The highest BCUT2D eigenvalue weighted by Gasteiger charge is 2.50. The van der Waals surface area contributed by atoms with E-state index >= 15 is 0 Å². The Morgan fingerprint density at radius 3 is 1.98 bits per heavy atom. The van der Waals surface area contributed by atoms with Crippen LogP contribution in [0.2, 0.25) is 0 Å². The van der Waals surface area contributed by atoms with E-state index in [4.69, 9.17) is 18.9 Å². The van der Waals surface area contributed by atoms with Crippen LogP contribution >= 0.6 is 0 Å². The third-order valence-corrected chi connectivity index (χ3v) is 9.62. The Morgan fingerprint density at radius 1 is 0.698 bits per heavy atom. The number of amides is 1. The number of aliphatic hydroxyl groups excluding tert-OH is 8. The Kier molecular flexibility index (Phi) is 24.8. The maximum atomic E-state index is 12.9. The standard InChI is InChI=1S/C39H69NO13/c1-3-5-7-9-10-11-12-13-14-15-16-17-18-19-21-23-31(44)40-27(28(43)22-20-8-6-4-2)26-50-38-36(49)34(47)37(30(25-42)52-38)53-39-35(48)33(46)32(45)29(24-41)51-39/h5,7,10-11,13-14,27-30,32-39,41-43,45-49H,3-4,6,8-9,12,15-26H2,1-2H3,(H,40,44)/b7-5-,11-10-,14-13-. The molecule has 12 atom stereocenters. The summed E-state index contributed by atoms with van der Waals surface area (Å²) in [5, 5.41) is 85.7. The highest BCUT2D eigenvalue weighted by Crippen LogP contribution is 2.30. The van der Waals surface area contributed by atoms with Gasteiger partial charge in [-0.2, -0.15) is 0 Å². The fraction of sp³-hybridized carbons (Fsp3) is 0.821. The van der Waals surface area contributed by atoms with Crippen LogP contribution in [0, 0.1) is 0 Å². The van der Waals surface area contributed by atoms with E-state index in [-0.39, 0.29) is 18.9 Å². The lowest BCUT2D eigenvalue weighted by Gasteiger charge is -2.46. The van der Waals surface area contributed by atoms with Gasteiger partial charge in [-0.15, -0.1) is 0 Å². The topological polar surface area (TPSA) is 228 Å². The van der Waals surface area contributed by atoms with E-state index < -0.39 is 86.8 Å². The molecule has 308 valence electrons. The molecule has 0 spiro atoms. The van der Waals surface area contributed by atoms with Gasteiger partial charge in [0.25, 0.3) is 0 Å². The fourth-order valence-electron chi connectivity index (χ4n) is 6.31. The van der Waals surface area contributed by atoms with Gasteiger partial charge < -0.3 is 65.1 Å². The normalized spacial score (nSPS) is 30.8. The molecule has 1 amide bonds. The Bertz CT molecular complexity index is 1040. The number of rotatable bonds is 27. The second-order valence-corrected chi connectivity index (χ2v) is 14.0. The summed E-state index contributed by atoms with van der Waals surface area (Å²) in [5.74, 6) is -0.237. The molecule has 14 nitrogen and oxygen atoms in total. The summed E-state index contributed by atoms with van der Waals surface area (Å²) in [6.45, 7) is 2.54. The van der Waals surface area contributed by atoms with Gasteiger partial charge in [0, 0.05) is 6.42 Å². The highest BCUT2D eigenvalue weighted by molar-refractivity contribution is 5.76. The molecule has 2 saturated heterocycles. The molecule has 0 saturated carbocycles. The zero-order valence-electron chi connectivity index (χ0n) is 31.7. The number of ether oxygens (including phenoxy) is 4. The minimum absolute atomic E-state index is 0.237. The number of unbranched alkanes of at least 4 members (excludes halogenated alkanes) is 8. The molecule has 12 unspecified atom stereocenters. The number of carbonyl (C=O) groups is 1. The molecule has 9 N–H and O–H groups in total. The molecule has 0 aliphatic carbocycles. The molecule has 2 fully saturated rings. The number of hydrogen-bond acceptors (Lipinski definition) is 13. The molecule has 0 radical (unpaired) electrons. The van der Waals surface area contributed by atoms with E-state index in [1.165, 1.54) is 0 Å². The van der Waals surface area contributed by atoms with Crippen molar-refractivity contribution in [2.75, 3.05) is 19.8 Å². The first-order valence-corrected chi connectivity index (χ1v) is 19.7. The molecule has 2 aliphatic heterocycles. The molecule has 0 aromatic carbocycles. The first-order chi connectivity index (χ1) is 25.6. The number of nitrogens with one attached hydrogen (secondary N) is 1. The Labute approximate surface area is 315 Å². The predicted octanol–water partition coefficient (Wildman–Crippen LogP) is 2.03. The van der Waals surface area contributed by atoms with E-state index in [0.29, 0.717) is 12.8 Å². The second-order valence-electron chi connectivity index (χ2n) is 14.0. The van der Waals surface area contributed by atoms with Crippen LogP contribution in [0.1, 0.15) is 110 Å². The van der Waals surface area contributed by atoms with Crippen LogP contribution in [0.3, 0.4) is 0 Å². The van der Waals surface area contributed by atoms with Crippen LogP contribution in [-0.2, 0) is 23.7 Å². The molecule has 2 rings (SSSR count). The first kappa shape index (κ1) is 47.4. The maximum Gasteiger partial charge on any atom is 0.220 e. The van der Waals surface area contributed by atoms with Crippen LogP contribution in [-0.4, -0.2) is 140 Å². The minimum atomic E-state index is -1.78. The van der Waals surface area contributed by atoms with Crippen molar-refractivity contribution in [2.24, 2.45) is 0 Å². The summed E-state index contributed by atoms with van der Waals surface area (Å²) in [6, 6.07) is -0.831. The van der Waals surface area contributed by atoms with Crippen LogP contribution < -0.4 is 5.32 Å². The van der Waals surface area contributed by atoms with Crippen LogP contribution in [0.25, 0.3) is 0 Å². The number of allylic oxidation sites excluding steroid dienone is 6. The molecule has 2 heterocycles. The average molecular weight is 760 g/mol. The lowest BCUT2D eigenvalue weighted by molar-refractivity contribution is -0.359. The van der Waals surface area contributed by atoms with E-state index in [0.717, 1.165) is 77.0 Å². The van der Waals surface area contributed by atoms with E-state index in [1.807, 2.05) is 0 Å². The molecular formula is C39H69NO13. The summed E-state index contributed by atoms with van der Waals surface area (Å²) in [7, 11) is 0. The number of hydrogen-bond donors (Lipinski definition) is 9. The summed E-state index contributed by atoms with van der Waals surface area (Å²) in [6.07, 6.45) is 9.57. The largest absolute Gasteiger partial charge is 0.394 e. The van der Waals surface area contributed by atoms with E-state index in [2.05, 4.69) is 55.6 Å². The third kappa shape index (κ3) is 17.3. The zero-order valence-corrected chi connectivity index (χ0v) is 31.7. The van der Waals surface area contributed by atoms with Crippen molar-refractivity contribution < 1.29 is 64.6 Å². The van der Waals surface area contributed by atoms with Gasteiger partial charge in [-0.1, -0.05) is 95.2 Å². The predicted molar refractivity (Wildman–Crippen MR) is 198 cm³/mol. The van der Waals surface area contributed by atoms with E-state index in [1.54, 1.807) is 0 Å². The van der Waals surface area contributed by atoms with Crippen LogP contribution in [0.4, 0.5) is 0 Å². The van der Waals surface area contributed by atoms with Gasteiger partial charge in [-0.3, -0.25) is 4.79 Å². The second kappa shape index (κ2) is 27.7. The van der Waals surface area contributed by atoms with Gasteiger partial charge in [-0.05, 0) is 44.9 Å². The van der Waals surface area contributed by atoms with Crippen molar-refractivity contribution in [1.82, 2.24) is 5.32 Å². The molecule has 0 bridgehead atoms. The summed E-state index contributed by atoms with van der Waals surface area (Å²) in [5.41, 5.74) is 0. The summed E-state index contributed by atoms with van der Waals surface area (Å²) < 4.78 is 22.4. The Morgan fingerprint density at radius 2 is 1.30 bits per heavy atom. The van der Waals surface area contributed by atoms with Crippen molar-refractivity contribution in [3.63, 3.8) is 0 Å². The van der Waals surface area contributed by atoms with Crippen molar-refractivity contribution in [3.8, 4) is 0 Å².